The molecule has 0 bridgehead atoms. The topological polar surface area (TPSA) is 85.3 Å². The number of carboxylic acids is 1. The zero-order valence-electron chi connectivity index (χ0n) is 14.0. The van der Waals surface area contributed by atoms with Crippen LogP contribution in [0.15, 0.2) is 18.2 Å². The summed E-state index contributed by atoms with van der Waals surface area (Å²) in [5, 5.41) is 8.72. The van der Waals surface area contributed by atoms with Crippen LogP contribution in [0.1, 0.15) is 30.6 Å². The monoisotopic (exact) mass is 337 g/mol. The highest BCUT2D eigenvalue weighted by Gasteiger charge is 2.22. The number of rotatable bonds is 6. The molecule has 0 spiro atoms. The molecule has 1 aliphatic rings. The van der Waals surface area contributed by atoms with Crippen molar-refractivity contribution < 1.29 is 28.9 Å². The molecule has 1 heterocycles. The summed E-state index contributed by atoms with van der Waals surface area (Å²) >= 11 is 0. The molecule has 1 atom stereocenters. The van der Waals surface area contributed by atoms with Crippen molar-refractivity contribution in [2.75, 3.05) is 32.9 Å². The van der Waals surface area contributed by atoms with Crippen LogP contribution in [0.25, 0.3) is 0 Å². The smallest absolute Gasteiger partial charge is 0.341 e. The highest BCUT2D eigenvalue weighted by Crippen LogP contribution is 2.29. The minimum Gasteiger partial charge on any atom is -0.490 e. The maximum atomic E-state index is 12.7. The first-order chi connectivity index (χ1) is 11.5. The fraction of sp³-hybridized carbons (Fsp3) is 0.529. The maximum absolute atomic E-state index is 12.7. The quantitative estimate of drug-likeness (QED) is 0.852. The molecule has 0 aromatic heterocycles. The molecule has 1 amide bonds. The number of aliphatic carboxylic acids is 1. The Morgan fingerprint density at radius 3 is 2.83 bits per heavy atom. The van der Waals surface area contributed by atoms with Crippen molar-refractivity contribution in [3.63, 3.8) is 0 Å². The van der Waals surface area contributed by atoms with E-state index >= 15 is 0 Å². The molecule has 1 saturated heterocycles. The van der Waals surface area contributed by atoms with Crippen LogP contribution in [0, 0.1) is 0 Å². The number of carbonyl (C=O) groups excluding carboxylic acids is 1. The van der Waals surface area contributed by atoms with Crippen LogP contribution in [0.2, 0.25) is 0 Å². The van der Waals surface area contributed by atoms with E-state index in [1.807, 2.05) is 13.8 Å². The summed E-state index contributed by atoms with van der Waals surface area (Å²) < 4.78 is 16.2. The van der Waals surface area contributed by atoms with Gasteiger partial charge in [0, 0.05) is 25.3 Å². The van der Waals surface area contributed by atoms with Gasteiger partial charge in [-0.15, -0.1) is 0 Å². The normalized spacial score (nSPS) is 17.9. The molecule has 0 saturated carbocycles. The van der Waals surface area contributed by atoms with Crippen LogP contribution in [-0.2, 0) is 9.53 Å². The number of carboxylic acid groups (broad SMARTS) is 1. The number of hydrogen-bond acceptors (Lipinski definition) is 5. The van der Waals surface area contributed by atoms with Gasteiger partial charge in [-0.3, -0.25) is 4.79 Å². The van der Waals surface area contributed by atoms with E-state index in [1.54, 1.807) is 23.1 Å². The lowest BCUT2D eigenvalue weighted by atomic mass is 10.1. The Morgan fingerprint density at radius 2 is 2.12 bits per heavy atom. The van der Waals surface area contributed by atoms with E-state index in [4.69, 9.17) is 19.3 Å². The summed E-state index contributed by atoms with van der Waals surface area (Å²) in [6.07, 6.45) is 0.801. The third kappa shape index (κ3) is 4.86. The third-order valence-corrected chi connectivity index (χ3v) is 3.58. The van der Waals surface area contributed by atoms with Crippen LogP contribution in [0.4, 0.5) is 0 Å². The maximum Gasteiger partial charge on any atom is 0.341 e. The minimum absolute atomic E-state index is 0.000912. The number of amides is 1. The number of carbonyl (C=O) groups is 2. The number of benzene rings is 1. The van der Waals surface area contributed by atoms with Gasteiger partial charge >= 0.3 is 5.97 Å². The molecular weight excluding hydrogens is 314 g/mol. The molecule has 1 N–H and O–H groups in total. The van der Waals surface area contributed by atoms with Gasteiger partial charge in [0.1, 0.15) is 0 Å². The fourth-order valence-electron chi connectivity index (χ4n) is 2.53. The number of ether oxygens (including phenoxy) is 3. The van der Waals surface area contributed by atoms with Crippen molar-refractivity contribution in [2.45, 2.75) is 26.4 Å². The van der Waals surface area contributed by atoms with E-state index in [9.17, 15) is 9.59 Å². The van der Waals surface area contributed by atoms with Crippen LogP contribution < -0.4 is 9.47 Å². The predicted octanol–water partition coefficient (Wildman–Crippen LogP) is 1.80. The third-order valence-electron chi connectivity index (χ3n) is 3.58. The lowest BCUT2D eigenvalue weighted by molar-refractivity contribution is -0.139. The Hall–Kier alpha value is -2.28. The SMILES string of the molecule is CCOc1cc(C(=O)N2CCCO[C@H](C)C2)ccc1OCC(=O)O. The first-order valence-electron chi connectivity index (χ1n) is 8.03. The highest BCUT2D eigenvalue weighted by molar-refractivity contribution is 5.95. The first kappa shape index (κ1) is 18.1. The second-order valence-electron chi connectivity index (χ2n) is 5.56. The average molecular weight is 337 g/mol. The Balaban J connectivity index is 2.18. The summed E-state index contributed by atoms with van der Waals surface area (Å²) in [7, 11) is 0. The number of nitrogens with zero attached hydrogens (tertiary/aromatic N) is 1. The van der Waals surface area contributed by atoms with Gasteiger partial charge in [-0.2, -0.15) is 0 Å². The molecule has 1 aromatic carbocycles. The second-order valence-corrected chi connectivity index (χ2v) is 5.56. The summed E-state index contributed by atoms with van der Waals surface area (Å²) in [4.78, 5) is 25.1. The zero-order chi connectivity index (χ0) is 17.5. The fourth-order valence-corrected chi connectivity index (χ4v) is 2.53. The molecule has 1 fully saturated rings. The molecule has 2 rings (SSSR count). The Morgan fingerprint density at radius 1 is 1.33 bits per heavy atom. The van der Waals surface area contributed by atoms with Gasteiger partial charge in [0.05, 0.1) is 12.7 Å². The minimum atomic E-state index is -1.07. The van der Waals surface area contributed by atoms with Crippen molar-refractivity contribution in [1.82, 2.24) is 4.90 Å². The van der Waals surface area contributed by atoms with Crippen LogP contribution >= 0.6 is 0 Å². The highest BCUT2D eigenvalue weighted by atomic mass is 16.5. The molecule has 132 valence electrons. The van der Waals surface area contributed by atoms with Crippen molar-refractivity contribution in [2.24, 2.45) is 0 Å². The Kier molecular flexibility index (Phi) is 6.43. The lowest BCUT2D eigenvalue weighted by Crippen LogP contribution is -2.35. The largest absolute Gasteiger partial charge is 0.490 e. The van der Waals surface area contributed by atoms with Crippen molar-refractivity contribution in [1.29, 1.82) is 0 Å². The summed E-state index contributed by atoms with van der Waals surface area (Å²) in [6.45, 7) is 5.51. The molecule has 0 radical (unpaired) electrons. The van der Waals surface area contributed by atoms with E-state index < -0.39 is 12.6 Å². The Bertz CT molecular complexity index is 588. The van der Waals surface area contributed by atoms with Gasteiger partial charge in [0.15, 0.2) is 18.1 Å². The van der Waals surface area contributed by atoms with Crippen LogP contribution in [0.5, 0.6) is 11.5 Å². The molecular formula is C17H23NO6. The molecule has 7 heteroatoms. The predicted molar refractivity (Wildman–Crippen MR) is 86.7 cm³/mol. The first-order valence-corrected chi connectivity index (χ1v) is 8.03. The molecule has 1 aliphatic heterocycles. The van der Waals surface area contributed by atoms with Crippen LogP contribution in [0.3, 0.4) is 0 Å². The van der Waals surface area contributed by atoms with E-state index in [0.29, 0.717) is 43.4 Å². The average Bonchev–Trinajstić information content (AvgIpc) is 2.77. The molecule has 0 unspecified atom stereocenters. The van der Waals surface area contributed by atoms with E-state index in [-0.39, 0.29) is 12.0 Å². The van der Waals surface area contributed by atoms with Gasteiger partial charge in [0.25, 0.3) is 5.91 Å². The van der Waals surface area contributed by atoms with Crippen molar-refractivity contribution in [3.05, 3.63) is 23.8 Å². The molecule has 1 aromatic rings. The van der Waals surface area contributed by atoms with E-state index in [0.717, 1.165) is 6.42 Å². The second kappa shape index (κ2) is 8.54. The molecule has 0 aliphatic carbocycles. The van der Waals surface area contributed by atoms with Gasteiger partial charge in [-0.1, -0.05) is 0 Å². The summed E-state index contributed by atoms with van der Waals surface area (Å²) in [6, 6.07) is 4.79. The van der Waals surface area contributed by atoms with Gasteiger partial charge in [-0.25, -0.2) is 4.79 Å². The summed E-state index contributed by atoms with van der Waals surface area (Å²) in [5.41, 5.74) is 0.482. The van der Waals surface area contributed by atoms with Gasteiger partial charge in [0.2, 0.25) is 0 Å². The van der Waals surface area contributed by atoms with Crippen LogP contribution in [-0.4, -0.2) is 60.9 Å². The van der Waals surface area contributed by atoms with E-state index in [1.165, 1.54) is 0 Å². The zero-order valence-corrected chi connectivity index (χ0v) is 14.0. The molecule has 24 heavy (non-hydrogen) atoms. The Labute approximate surface area is 141 Å². The number of hydrogen-bond donors (Lipinski definition) is 1. The summed E-state index contributed by atoms with van der Waals surface area (Å²) in [5.74, 6) is -0.499. The van der Waals surface area contributed by atoms with Crippen molar-refractivity contribution >= 4 is 11.9 Å². The van der Waals surface area contributed by atoms with E-state index in [2.05, 4.69) is 0 Å². The lowest BCUT2D eigenvalue weighted by Gasteiger charge is -2.22. The van der Waals surface area contributed by atoms with Gasteiger partial charge in [-0.05, 0) is 38.5 Å². The van der Waals surface area contributed by atoms with Gasteiger partial charge < -0.3 is 24.2 Å². The van der Waals surface area contributed by atoms with Crippen molar-refractivity contribution in [3.8, 4) is 11.5 Å². The molecule has 7 nitrogen and oxygen atoms in total. The standard InChI is InChI=1S/C17H23NO6/c1-3-22-15-9-13(5-6-14(15)24-11-16(19)20)17(21)18-7-4-8-23-12(2)10-18/h5-6,9,12H,3-4,7-8,10-11H2,1-2H3,(H,19,20)/t12-/m1/s1.